The fraction of sp³-hybridized carbons (Fsp3) is 0.200. The van der Waals surface area contributed by atoms with Crippen LogP contribution in [0, 0.1) is 0 Å². The van der Waals surface area contributed by atoms with Gasteiger partial charge in [-0.25, -0.2) is 10.2 Å². The number of carbonyl (C=O) groups excluding carboxylic acids is 1. The van der Waals surface area contributed by atoms with Crippen molar-refractivity contribution < 1.29 is 9.53 Å². The maximum absolute atomic E-state index is 10.8. The first-order valence-electron chi connectivity index (χ1n) is 4.27. The molecule has 0 bridgehead atoms. The number of methoxy groups -OCH3 is 1. The molecule has 0 aliphatic heterocycles. The minimum absolute atomic E-state index is 0.579. The van der Waals surface area contributed by atoms with Crippen LogP contribution in [0.25, 0.3) is 0 Å². The Bertz CT molecular complexity index is 391. The fourth-order valence-electron chi connectivity index (χ4n) is 0.953. The third-order valence-corrected chi connectivity index (χ3v) is 2.24. The Morgan fingerprint density at radius 3 is 2.87 bits per heavy atom. The molecule has 1 aromatic carbocycles. The summed E-state index contributed by atoms with van der Waals surface area (Å²) in [7, 11) is 1.29. The first kappa shape index (κ1) is 11.7. The van der Waals surface area contributed by atoms with Crippen LogP contribution in [0.4, 0.5) is 4.79 Å². The smallest absolute Gasteiger partial charge is 0.427 e. The van der Waals surface area contributed by atoms with Crippen LogP contribution in [0.1, 0.15) is 12.5 Å². The molecule has 0 aliphatic carbocycles. The number of benzene rings is 1. The molecule has 0 atom stereocenters. The van der Waals surface area contributed by atoms with Crippen molar-refractivity contribution in [1.29, 1.82) is 0 Å². The number of ether oxygens (including phenoxy) is 1. The van der Waals surface area contributed by atoms with Crippen LogP contribution in [0.2, 0.25) is 0 Å². The Balaban J connectivity index is 2.75. The SMILES string of the molecule is COC(=O)N/N=C(\C)c1cccc(Br)c1. The number of nitrogens with zero attached hydrogens (tertiary/aromatic N) is 1. The summed E-state index contributed by atoms with van der Waals surface area (Å²) in [5, 5.41) is 3.88. The number of amides is 1. The summed E-state index contributed by atoms with van der Waals surface area (Å²) in [5.41, 5.74) is 3.90. The van der Waals surface area contributed by atoms with Gasteiger partial charge in [0.25, 0.3) is 0 Å². The van der Waals surface area contributed by atoms with Crippen molar-refractivity contribution in [2.75, 3.05) is 7.11 Å². The maximum Gasteiger partial charge on any atom is 0.427 e. The average molecular weight is 271 g/mol. The number of hydrogen-bond donors (Lipinski definition) is 1. The fourth-order valence-corrected chi connectivity index (χ4v) is 1.35. The molecule has 0 saturated carbocycles. The van der Waals surface area contributed by atoms with Crippen LogP contribution in [0.3, 0.4) is 0 Å². The lowest BCUT2D eigenvalue weighted by Crippen LogP contribution is -2.18. The van der Waals surface area contributed by atoms with E-state index in [1.54, 1.807) is 6.92 Å². The molecule has 0 aromatic heterocycles. The molecule has 0 aliphatic rings. The number of nitrogens with one attached hydrogen (secondary N) is 1. The van der Waals surface area contributed by atoms with Gasteiger partial charge in [0.15, 0.2) is 0 Å². The highest BCUT2D eigenvalue weighted by molar-refractivity contribution is 9.10. The monoisotopic (exact) mass is 270 g/mol. The minimum Gasteiger partial charge on any atom is -0.452 e. The lowest BCUT2D eigenvalue weighted by molar-refractivity contribution is 0.171. The molecular formula is C10H11BrN2O2. The third kappa shape index (κ3) is 3.71. The molecule has 0 unspecified atom stereocenters. The van der Waals surface area contributed by atoms with E-state index in [2.05, 4.69) is 31.2 Å². The molecule has 80 valence electrons. The van der Waals surface area contributed by atoms with Crippen molar-refractivity contribution in [2.45, 2.75) is 6.92 Å². The summed E-state index contributed by atoms with van der Waals surface area (Å²) >= 11 is 3.36. The van der Waals surface area contributed by atoms with Crippen LogP contribution >= 0.6 is 15.9 Å². The molecule has 0 spiro atoms. The van der Waals surface area contributed by atoms with Gasteiger partial charge in [-0.3, -0.25) is 0 Å². The summed E-state index contributed by atoms with van der Waals surface area (Å²) in [6, 6.07) is 7.64. The zero-order valence-corrected chi connectivity index (χ0v) is 10.0. The van der Waals surface area contributed by atoms with Crippen molar-refractivity contribution in [3.05, 3.63) is 34.3 Å². The van der Waals surface area contributed by atoms with Gasteiger partial charge in [0, 0.05) is 4.47 Å². The van der Waals surface area contributed by atoms with Gasteiger partial charge >= 0.3 is 6.09 Å². The molecule has 1 amide bonds. The van der Waals surface area contributed by atoms with E-state index in [-0.39, 0.29) is 0 Å². The van der Waals surface area contributed by atoms with E-state index >= 15 is 0 Å². The molecule has 5 heteroatoms. The van der Waals surface area contributed by atoms with Crippen LogP contribution in [-0.4, -0.2) is 18.9 Å². The largest absolute Gasteiger partial charge is 0.452 e. The highest BCUT2D eigenvalue weighted by Crippen LogP contribution is 2.12. The lowest BCUT2D eigenvalue weighted by atomic mass is 10.1. The molecule has 1 aromatic rings. The van der Waals surface area contributed by atoms with Crippen LogP contribution < -0.4 is 5.43 Å². The minimum atomic E-state index is -0.579. The standard InChI is InChI=1S/C10H11BrN2O2/c1-7(12-13-10(14)15-2)8-4-3-5-9(11)6-8/h3-6H,1-2H3,(H,13,14)/b12-7+. The average Bonchev–Trinajstić information content (AvgIpc) is 2.25. The number of hydrogen-bond acceptors (Lipinski definition) is 3. The van der Waals surface area contributed by atoms with Crippen molar-refractivity contribution in [3.63, 3.8) is 0 Å². The predicted molar refractivity (Wildman–Crippen MR) is 61.9 cm³/mol. The van der Waals surface area contributed by atoms with E-state index in [4.69, 9.17) is 0 Å². The number of halogens is 1. The Kier molecular flexibility index (Phi) is 4.30. The predicted octanol–water partition coefficient (Wildman–Crippen LogP) is 2.53. The number of hydrazone groups is 1. The van der Waals surface area contributed by atoms with E-state index in [9.17, 15) is 4.79 Å². The first-order valence-corrected chi connectivity index (χ1v) is 5.07. The van der Waals surface area contributed by atoms with Crippen LogP contribution in [0.5, 0.6) is 0 Å². The van der Waals surface area contributed by atoms with Gasteiger partial charge in [-0.2, -0.15) is 5.10 Å². The summed E-state index contributed by atoms with van der Waals surface area (Å²) < 4.78 is 5.36. The highest BCUT2D eigenvalue weighted by atomic mass is 79.9. The molecular weight excluding hydrogens is 260 g/mol. The van der Waals surface area contributed by atoms with Gasteiger partial charge in [0.1, 0.15) is 0 Å². The third-order valence-electron chi connectivity index (χ3n) is 1.74. The van der Waals surface area contributed by atoms with Gasteiger partial charge in [-0.15, -0.1) is 0 Å². The van der Waals surface area contributed by atoms with E-state index < -0.39 is 6.09 Å². The quantitative estimate of drug-likeness (QED) is 0.663. The Morgan fingerprint density at radius 1 is 1.53 bits per heavy atom. The van der Waals surface area contributed by atoms with E-state index in [0.29, 0.717) is 5.71 Å². The zero-order valence-electron chi connectivity index (χ0n) is 8.45. The van der Waals surface area contributed by atoms with Gasteiger partial charge in [-0.05, 0) is 24.6 Å². The molecule has 0 radical (unpaired) electrons. The van der Waals surface area contributed by atoms with Crippen molar-refractivity contribution in [3.8, 4) is 0 Å². The van der Waals surface area contributed by atoms with Crippen molar-refractivity contribution >= 4 is 27.7 Å². The van der Waals surface area contributed by atoms with Gasteiger partial charge in [0.05, 0.1) is 12.8 Å². The summed E-state index contributed by atoms with van der Waals surface area (Å²) in [5.74, 6) is 0. The molecule has 4 nitrogen and oxygen atoms in total. The molecule has 15 heavy (non-hydrogen) atoms. The first-order chi connectivity index (χ1) is 7.13. The van der Waals surface area contributed by atoms with Crippen LogP contribution in [-0.2, 0) is 4.74 Å². The van der Waals surface area contributed by atoms with Crippen LogP contribution in [0.15, 0.2) is 33.8 Å². The lowest BCUT2D eigenvalue weighted by Gasteiger charge is -2.02. The van der Waals surface area contributed by atoms with E-state index in [1.165, 1.54) is 7.11 Å². The van der Waals surface area contributed by atoms with Crippen molar-refractivity contribution in [1.82, 2.24) is 5.43 Å². The van der Waals surface area contributed by atoms with E-state index in [0.717, 1.165) is 10.0 Å². The van der Waals surface area contributed by atoms with Crippen molar-refractivity contribution in [2.24, 2.45) is 5.10 Å². The second-order valence-corrected chi connectivity index (χ2v) is 3.73. The Labute approximate surface area is 96.4 Å². The molecule has 1 rings (SSSR count). The number of carbonyl (C=O) groups is 1. The molecule has 0 heterocycles. The normalized spacial score (nSPS) is 11.0. The topological polar surface area (TPSA) is 50.7 Å². The van der Waals surface area contributed by atoms with Gasteiger partial charge in [-0.1, -0.05) is 28.1 Å². The van der Waals surface area contributed by atoms with Gasteiger partial charge in [0.2, 0.25) is 0 Å². The Morgan fingerprint density at radius 2 is 2.27 bits per heavy atom. The zero-order chi connectivity index (χ0) is 11.3. The summed E-state index contributed by atoms with van der Waals surface area (Å²) in [4.78, 5) is 10.8. The van der Waals surface area contributed by atoms with Gasteiger partial charge < -0.3 is 4.74 Å². The molecule has 0 fully saturated rings. The van der Waals surface area contributed by atoms with E-state index in [1.807, 2.05) is 24.3 Å². The number of rotatable bonds is 2. The summed E-state index contributed by atoms with van der Waals surface area (Å²) in [6.07, 6.45) is -0.579. The second kappa shape index (κ2) is 5.50. The Hall–Kier alpha value is -1.36. The molecule has 1 N–H and O–H groups in total. The summed E-state index contributed by atoms with van der Waals surface area (Å²) in [6.45, 7) is 1.80. The highest BCUT2D eigenvalue weighted by Gasteiger charge is 1.99. The second-order valence-electron chi connectivity index (χ2n) is 2.81. The maximum atomic E-state index is 10.8. The molecule has 0 saturated heterocycles.